The molecule has 0 saturated carbocycles. The molecule has 0 aromatic heterocycles. The molecule has 0 spiro atoms. The zero-order valence-corrected chi connectivity index (χ0v) is 15.6. The zero-order valence-electron chi connectivity index (χ0n) is 14.8. The Hall–Kier alpha value is -2.38. The largest absolute Gasteiger partial charge is 0.336 e. The van der Waals surface area contributed by atoms with Crippen LogP contribution in [0.3, 0.4) is 0 Å². The van der Waals surface area contributed by atoms with E-state index in [0.29, 0.717) is 24.3 Å². The van der Waals surface area contributed by atoms with Crippen molar-refractivity contribution in [2.24, 2.45) is 0 Å². The number of nitrogens with one attached hydrogen (secondary N) is 1. The van der Waals surface area contributed by atoms with Crippen LogP contribution in [-0.4, -0.2) is 56.6 Å². The number of amides is 1. The monoisotopic (exact) mass is 373 g/mol. The first-order valence-corrected chi connectivity index (χ1v) is 10.4. The average molecular weight is 373 g/mol. The number of rotatable bonds is 5. The van der Waals surface area contributed by atoms with E-state index in [1.54, 1.807) is 24.3 Å². The highest BCUT2D eigenvalue weighted by Crippen LogP contribution is 2.15. The summed E-state index contributed by atoms with van der Waals surface area (Å²) < 4.78 is 24.9. The lowest BCUT2D eigenvalue weighted by Gasteiger charge is -2.34. The summed E-state index contributed by atoms with van der Waals surface area (Å²) >= 11 is 0. The van der Waals surface area contributed by atoms with Gasteiger partial charge in [-0.05, 0) is 29.8 Å². The predicted octanol–water partition coefficient (Wildman–Crippen LogP) is 2.02. The van der Waals surface area contributed by atoms with Crippen LogP contribution < -0.4 is 4.72 Å². The molecule has 7 heteroatoms. The fraction of sp³-hybridized carbons (Fsp3) is 0.316. The highest BCUT2D eigenvalue weighted by molar-refractivity contribution is 7.92. The molecule has 2 aromatic carbocycles. The quantitative estimate of drug-likeness (QED) is 0.871. The van der Waals surface area contributed by atoms with Gasteiger partial charge < -0.3 is 4.90 Å². The number of benzene rings is 2. The molecule has 1 aliphatic rings. The number of sulfonamides is 1. The average Bonchev–Trinajstić information content (AvgIpc) is 2.62. The molecule has 1 heterocycles. The van der Waals surface area contributed by atoms with E-state index in [4.69, 9.17) is 0 Å². The van der Waals surface area contributed by atoms with Crippen molar-refractivity contribution in [2.45, 2.75) is 6.54 Å². The second-order valence-corrected chi connectivity index (χ2v) is 8.25. The molecule has 0 aliphatic carbocycles. The van der Waals surface area contributed by atoms with Crippen molar-refractivity contribution in [1.82, 2.24) is 9.80 Å². The summed E-state index contributed by atoms with van der Waals surface area (Å²) in [6, 6.07) is 16.9. The number of anilines is 1. The second-order valence-electron chi connectivity index (χ2n) is 6.51. The third kappa shape index (κ3) is 5.06. The number of carbonyl (C=O) groups is 1. The van der Waals surface area contributed by atoms with Gasteiger partial charge in [-0.25, -0.2) is 8.42 Å². The predicted molar refractivity (Wildman–Crippen MR) is 103 cm³/mol. The van der Waals surface area contributed by atoms with Crippen molar-refractivity contribution >= 4 is 21.6 Å². The van der Waals surface area contributed by atoms with Gasteiger partial charge in [-0.1, -0.05) is 30.3 Å². The first-order valence-electron chi connectivity index (χ1n) is 8.54. The lowest BCUT2D eigenvalue weighted by atomic mass is 10.1. The number of nitrogens with zero attached hydrogens (tertiary/aromatic N) is 2. The van der Waals surface area contributed by atoms with Gasteiger partial charge in [0, 0.05) is 44.0 Å². The van der Waals surface area contributed by atoms with Gasteiger partial charge in [-0.15, -0.1) is 0 Å². The summed E-state index contributed by atoms with van der Waals surface area (Å²) in [5.74, 6) is -0.0183. The summed E-state index contributed by atoms with van der Waals surface area (Å²) in [6.45, 7) is 3.96. The van der Waals surface area contributed by atoms with E-state index in [2.05, 4.69) is 21.8 Å². The molecule has 1 fully saturated rings. The van der Waals surface area contributed by atoms with Crippen molar-refractivity contribution in [3.8, 4) is 0 Å². The van der Waals surface area contributed by atoms with Crippen molar-refractivity contribution in [1.29, 1.82) is 0 Å². The van der Waals surface area contributed by atoms with Crippen LogP contribution in [0.5, 0.6) is 0 Å². The Labute approximate surface area is 154 Å². The Morgan fingerprint density at radius 1 is 0.962 bits per heavy atom. The van der Waals surface area contributed by atoms with Gasteiger partial charge in [0.2, 0.25) is 10.0 Å². The molecule has 0 bridgehead atoms. The van der Waals surface area contributed by atoms with Gasteiger partial charge in [0.15, 0.2) is 0 Å². The fourth-order valence-electron chi connectivity index (χ4n) is 3.03. The molecule has 1 N–H and O–H groups in total. The summed E-state index contributed by atoms with van der Waals surface area (Å²) in [5.41, 5.74) is 2.30. The Morgan fingerprint density at radius 2 is 1.58 bits per heavy atom. The second kappa shape index (κ2) is 7.88. The van der Waals surface area contributed by atoms with Crippen LogP contribution in [0.25, 0.3) is 0 Å². The van der Waals surface area contributed by atoms with Crippen LogP contribution >= 0.6 is 0 Å². The third-order valence-corrected chi connectivity index (χ3v) is 4.95. The maximum Gasteiger partial charge on any atom is 0.253 e. The fourth-order valence-corrected chi connectivity index (χ4v) is 3.59. The summed E-state index contributed by atoms with van der Waals surface area (Å²) in [5, 5.41) is 0. The first-order chi connectivity index (χ1) is 12.4. The van der Waals surface area contributed by atoms with Crippen molar-refractivity contribution in [3.05, 3.63) is 65.7 Å². The minimum Gasteiger partial charge on any atom is -0.336 e. The van der Waals surface area contributed by atoms with Gasteiger partial charge in [0.05, 0.1) is 6.26 Å². The lowest BCUT2D eigenvalue weighted by Crippen LogP contribution is -2.48. The molecular weight excluding hydrogens is 350 g/mol. The van der Waals surface area contributed by atoms with Gasteiger partial charge in [0.25, 0.3) is 5.91 Å². The molecule has 0 radical (unpaired) electrons. The van der Waals surface area contributed by atoms with Gasteiger partial charge in [0.1, 0.15) is 0 Å². The molecule has 0 atom stereocenters. The van der Waals surface area contributed by atoms with Crippen LogP contribution in [0.15, 0.2) is 54.6 Å². The number of piperazine rings is 1. The molecule has 138 valence electrons. The third-order valence-electron chi connectivity index (χ3n) is 4.34. The molecule has 6 nitrogen and oxygen atoms in total. The van der Waals surface area contributed by atoms with Crippen molar-refractivity contribution < 1.29 is 13.2 Å². The van der Waals surface area contributed by atoms with E-state index in [1.165, 1.54) is 5.56 Å². The zero-order chi connectivity index (χ0) is 18.6. The molecule has 1 aliphatic heterocycles. The van der Waals surface area contributed by atoms with E-state index < -0.39 is 10.0 Å². The minimum absolute atomic E-state index is 0.0183. The van der Waals surface area contributed by atoms with E-state index in [1.807, 2.05) is 23.1 Å². The number of hydrogen-bond acceptors (Lipinski definition) is 4. The molecule has 1 amide bonds. The Morgan fingerprint density at radius 3 is 2.15 bits per heavy atom. The molecule has 26 heavy (non-hydrogen) atoms. The van der Waals surface area contributed by atoms with Crippen LogP contribution in [0.1, 0.15) is 15.9 Å². The summed E-state index contributed by atoms with van der Waals surface area (Å²) in [7, 11) is -3.31. The maximum absolute atomic E-state index is 12.6. The van der Waals surface area contributed by atoms with Crippen LogP contribution in [0, 0.1) is 0 Å². The van der Waals surface area contributed by atoms with Crippen LogP contribution in [-0.2, 0) is 16.6 Å². The standard InChI is InChI=1S/C19H23N3O3S/c1-26(24,25)20-18-9-7-17(8-10-18)19(23)22-13-11-21(12-14-22)15-16-5-3-2-4-6-16/h2-10,20H,11-15H2,1H3. The molecule has 1 saturated heterocycles. The smallest absolute Gasteiger partial charge is 0.253 e. The van der Waals surface area contributed by atoms with Gasteiger partial charge in [-0.3, -0.25) is 14.4 Å². The van der Waals surface area contributed by atoms with Gasteiger partial charge >= 0.3 is 0 Å². The molecule has 0 unspecified atom stereocenters. The van der Waals surface area contributed by atoms with Crippen molar-refractivity contribution in [3.63, 3.8) is 0 Å². The lowest BCUT2D eigenvalue weighted by molar-refractivity contribution is 0.0628. The van der Waals surface area contributed by atoms with Crippen LogP contribution in [0.2, 0.25) is 0 Å². The topological polar surface area (TPSA) is 69.7 Å². The maximum atomic E-state index is 12.6. The van der Waals surface area contributed by atoms with E-state index >= 15 is 0 Å². The summed E-state index contributed by atoms with van der Waals surface area (Å²) in [4.78, 5) is 16.8. The molecular formula is C19H23N3O3S. The highest BCUT2D eigenvalue weighted by atomic mass is 32.2. The van der Waals surface area contributed by atoms with Gasteiger partial charge in [-0.2, -0.15) is 0 Å². The normalized spacial score (nSPS) is 15.7. The Bertz CT molecular complexity index is 843. The van der Waals surface area contributed by atoms with E-state index in [0.717, 1.165) is 25.9 Å². The Kier molecular flexibility index (Phi) is 5.58. The molecule has 3 rings (SSSR count). The first kappa shape index (κ1) is 18.4. The summed E-state index contributed by atoms with van der Waals surface area (Å²) in [6.07, 6.45) is 1.10. The number of carbonyl (C=O) groups excluding carboxylic acids is 1. The Balaban J connectivity index is 1.55. The van der Waals surface area contributed by atoms with E-state index in [-0.39, 0.29) is 5.91 Å². The number of hydrogen-bond donors (Lipinski definition) is 1. The SMILES string of the molecule is CS(=O)(=O)Nc1ccc(C(=O)N2CCN(Cc3ccccc3)CC2)cc1. The molecule has 2 aromatic rings. The minimum atomic E-state index is -3.31. The van der Waals surface area contributed by atoms with Crippen molar-refractivity contribution in [2.75, 3.05) is 37.2 Å². The van der Waals surface area contributed by atoms with E-state index in [9.17, 15) is 13.2 Å². The highest BCUT2D eigenvalue weighted by Gasteiger charge is 2.22. The van der Waals surface area contributed by atoms with Crippen LogP contribution in [0.4, 0.5) is 5.69 Å².